The molecule has 0 spiro atoms. The Balaban J connectivity index is 1.62. The number of carbonyl (C=O) groups excluding carboxylic acids is 3. The van der Waals surface area contributed by atoms with Crippen LogP contribution in [0, 0.1) is 50.2 Å². The number of nitrogens with one attached hydrogen (secondary N) is 1. The Bertz CT molecular complexity index is 1380. The minimum atomic E-state index is -4.63. The maximum absolute atomic E-state index is 14.4. The second-order valence-electron chi connectivity index (χ2n) is 15.8. The van der Waals surface area contributed by atoms with Gasteiger partial charge in [0.25, 0.3) is 0 Å². The van der Waals surface area contributed by atoms with Crippen molar-refractivity contribution in [2.24, 2.45) is 38.9 Å². The summed E-state index contributed by atoms with van der Waals surface area (Å²) in [5.41, 5.74) is -5.43. The summed E-state index contributed by atoms with van der Waals surface area (Å²) < 4.78 is 38.9. The van der Waals surface area contributed by atoms with Gasteiger partial charge in [0.05, 0.1) is 5.57 Å². The van der Waals surface area contributed by atoms with Crippen LogP contribution in [0.2, 0.25) is 0 Å². The molecule has 0 aliphatic heterocycles. The number of hydrogen-bond acceptors (Lipinski definition) is 5. The minimum absolute atomic E-state index is 0.0937. The largest absolute Gasteiger partial charge is 0.397 e. The topological polar surface area (TPSA) is 107 Å². The van der Waals surface area contributed by atoms with Crippen molar-refractivity contribution >= 4 is 17.5 Å². The van der Waals surface area contributed by atoms with Crippen LogP contribution < -0.4 is 5.32 Å². The quantitative estimate of drug-likeness (QED) is 0.403. The molecule has 5 aliphatic rings. The Morgan fingerprint density at radius 2 is 1.64 bits per heavy atom. The molecule has 0 aromatic heterocycles. The van der Waals surface area contributed by atoms with Gasteiger partial charge in [-0.1, -0.05) is 47.6 Å². The molecule has 5 rings (SSSR count). The molecule has 230 valence electrons. The monoisotopic (exact) mass is 588 g/mol. The number of nitriles is 1. The lowest BCUT2D eigenvalue weighted by Gasteiger charge is -2.71. The number of Topliss-reactive ketones (excluding diaryl/α,β-unsaturated/α-hetero) is 1. The fraction of sp³-hybridized carbons (Fsp3) is 0.758. The number of rotatable bonds is 2. The first-order chi connectivity index (χ1) is 19.0. The lowest BCUT2D eigenvalue weighted by atomic mass is 9.33. The summed E-state index contributed by atoms with van der Waals surface area (Å²) in [5.74, 6) is -2.45. The van der Waals surface area contributed by atoms with Gasteiger partial charge in [0.15, 0.2) is 11.6 Å². The number of amides is 1. The number of halogens is 3. The van der Waals surface area contributed by atoms with Gasteiger partial charge in [-0.3, -0.25) is 14.4 Å². The van der Waals surface area contributed by atoms with Gasteiger partial charge in [0.1, 0.15) is 18.1 Å². The van der Waals surface area contributed by atoms with E-state index in [1.165, 1.54) is 0 Å². The highest BCUT2D eigenvalue weighted by molar-refractivity contribution is 6.05. The van der Waals surface area contributed by atoms with E-state index >= 15 is 0 Å². The Hall–Kier alpha value is -2.47. The van der Waals surface area contributed by atoms with Crippen LogP contribution in [0.3, 0.4) is 0 Å². The summed E-state index contributed by atoms with van der Waals surface area (Å²) >= 11 is 0. The van der Waals surface area contributed by atoms with Crippen LogP contribution in [0.15, 0.2) is 23.3 Å². The van der Waals surface area contributed by atoms with Crippen molar-refractivity contribution in [3.05, 3.63) is 23.3 Å². The van der Waals surface area contributed by atoms with Crippen LogP contribution >= 0.6 is 0 Å². The average Bonchev–Trinajstić information content (AvgIpc) is 2.85. The first kappa shape index (κ1) is 31.0. The van der Waals surface area contributed by atoms with Crippen molar-refractivity contribution in [2.75, 3.05) is 0 Å². The SMILES string of the molecule is CC1(C)C(=O)C(C#N)=C[C@]2(C)C3=CC(=O)[C@]4(O)[C@@H]5C[C@@](C)(NC(=O)CC(F)(F)F)CC[C@@]5(C)CC[C@@]4(C)[C@]3(C)CC[C@@H]12. The first-order valence-electron chi connectivity index (χ1n) is 15.1. The molecule has 1 amide bonds. The molecule has 3 fully saturated rings. The average molecular weight is 589 g/mol. The van der Waals surface area contributed by atoms with E-state index < -0.39 is 68.4 Å². The summed E-state index contributed by atoms with van der Waals surface area (Å²) in [5, 5.41) is 25.3. The molecule has 9 heteroatoms. The summed E-state index contributed by atoms with van der Waals surface area (Å²) in [4.78, 5) is 40.0. The third-order valence-corrected chi connectivity index (χ3v) is 13.1. The molecule has 0 saturated heterocycles. The number of alkyl halides is 3. The Morgan fingerprint density at radius 1 is 1.02 bits per heavy atom. The third kappa shape index (κ3) is 3.89. The van der Waals surface area contributed by atoms with E-state index in [-0.39, 0.29) is 23.7 Å². The maximum atomic E-state index is 14.4. The van der Waals surface area contributed by atoms with Crippen LogP contribution in [0.5, 0.6) is 0 Å². The highest BCUT2D eigenvalue weighted by Crippen LogP contribution is 2.75. The molecule has 8 atom stereocenters. The van der Waals surface area contributed by atoms with Gasteiger partial charge in [-0.05, 0) is 80.3 Å². The number of fused-ring (bicyclic) bond motifs is 7. The zero-order valence-electron chi connectivity index (χ0n) is 25.7. The number of allylic oxidation sites excluding steroid dienone is 3. The Morgan fingerprint density at radius 3 is 2.24 bits per heavy atom. The lowest BCUT2D eigenvalue weighted by Crippen LogP contribution is -2.74. The molecule has 42 heavy (non-hydrogen) atoms. The van der Waals surface area contributed by atoms with Gasteiger partial charge in [0.2, 0.25) is 5.91 Å². The fourth-order valence-corrected chi connectivity index (χ4v) is 10.4. The normalized spacial score (nSPS) is 46.1. The summed E-state index contributed by atoms with van der Waals surface area (Å²) in [6, 6.07) is 2.09. The van der Waals surface area contributed by atoms with Crippen molar-refractivity contribution in [1.29, 1.82) is 5.26 Å². The second kappa shape index (κ2) is 8.80. The van der Waals surface area contributed by atoms with Crippen molar-refractivity contribution < 1.29 is 32.7 Å². The van der Waals surface area contributed by atoms with Crippen molar-refractivity contribution in [1.82, 2.24) is 5.32 Å². The van der Waals surface area contributed by atoms with Crippen LogP contribution in [0.25, 0.3) is 0 Å². The predicted octanol–water partition coefficient (Wildman–Crippen LogP) is 6.14. The van der Waals surface area contributed by atoms with Gasteiger partial charge in [-0.2, -0.15) is 18.4 Å². The minimum Gasteiger partial charge on any atom is -0.381 e. The molecule has 0 aromatic rings. The molecule has 5 aliphatic carbocycles. The predicted molar refractivity (Wildman–Crippen MR) is 149 cm³/mol. The van der Waals surface area contributed by atoms with Gasteiger partial charge in [-0.25, -0.2) is 0 Å². The molecule has 0 aromatic carbocycles. The molecule has 0 unspecified atom stereocenters. The van der Waals surface area contributed by atoms with Crippen LogP contribution in [-0.2, 0) is 14.4 Å². The first-order valence-corrected chi connectivity index (χ1v) is 15.1. The van der Waals surface area contributed by atoms with E-state index in [0.717, 1.165) is 12.0 Å². The Labute approximate surface area is 246 Å². The molecule has 3 saturated carbocycles. The second-order valence-corrected chi connectivity index (χ2v) is 15.8. The van der Waals surface area contributed by atoms with E-state index in [9.17, 15) is 37.9 Å². The zero-order valence-corrected chi connectivity index (χ0v) is 25.7. The van der Waals surface area contributed by atoms with E-state index in [1.807, 2.05) is 27.7 Å². The fourth-order valence-electron chi connectivity index (χ4n) is 10.4. The van der Waals surface area contributed by atoms with Crippen molar-refractivity contribution in [3.63, 3.8) is 0 Å². The number of carbonyl (C=O) groups is 3. The maximum Gasteiger partial charge on any atom is 0.397 e. The summed E-state index contributed by atoms with van der Waals surface area (Å²) in [6.07, 6.45) is 0.919. The van der Waals surface area contributed by atoms with E-state index in [2.05, 4.69) is 25.2 Å². The van der Waals surface area contributed by atoms with E-state index in [4.69, 9.17) is 0 Å². The zero-order chi connectivity index (χ0) is 31.5. The lowest BCUT2D eigenvalue weighted by molar-refractivity contribution is -0.240. The Kier molecular flexibility index (Phi) is 6.49. The number of hydrogen-bond donors (Lipinski definition) is 2. The summed E-state index contributed by atoms with van der Waals surface area (Å²) in [6.45, 7) is 13.6. The van der Waals surface area contributed by atoms with Gasteiger partial charge in [0, 0.05) is 27.7 Å². The molecule has 0 radical (unpaired) electrons. The van der Waals surface area contributed by atoms with E-state index in [0.29, 0.717) is 32.1 Å². The highest BCUT2D eigenvalue weighted by Gasteiger charge is 2.75. The standard InChI is InChI=1S/C33H43F3N2O4/c1-26(2)20-8-9-30(6)21(29(20,5)15-19(18-37)25(26)41)14-23(39)33(42)22-16-28(4,38-24(40)17-32(34,35)36)12-10-27(22,3)11-13-31(30,33)7/h14-15,20,22,42H,8-13,16-17H2,1-7H3,(H,38,40)/t20-,22+,27-,28-,29-,30+,31-,33+/m0/s1. The van der Waals surface area contributed by atoms with Gasteiger partial charge < -0.3 is 10.4 Å². The molecule has 2 N–H and O–H groups in total. The third-order valence-electron chi connectivity index (χ3n) is 13.1. The molecule has 0 bridgehead atoms. The van der Waals surface area contributed by atoms with Gasteiger partial charge in [-0.15, -0.1) is 0 Å². The van der Waals surface area contributed by atoms with Gasteiger partial charge >= 0.3 is 6.18 Å². The number of aliphatic hydroxyl groups is 1. The number of ketones is 2. The molecule has 0 heterocycles. The number of nitrogens with zero attached hydrogens (tertiary/aromatic N) is 1. The van der Waals surface area contributed by atoms with E-state index in [1.54, 1.807) is 19.1 Å². The van der Waals surface area contributed by atoms with Crippen LogP contribution in [0.4, 0.5) is 13.2 Å². The van der Waals surface area contributed by atoms with Crippen LogP contribution in [-0.4, -0.2) is 39.9 Å². The molecular formula is C33H43F3N2O4. The summed E-state index contributed by atoms with van der Waals surface area (Å²) in [7, 11) is 0. The highest BCUT2D eigenvalue weighted by atomic mass is 19.4. The van der Waals surface area contributed by atoms with Crippen LogP contribution in [0.1, 0.15) is 99.8 Å². The van der Waals surface area contributed by atoms with Crippen molar-refractivity contribution in [3.8, 4) is 6.07 Å². The smallest absolute Gasteiger partial charge is 0.381 e. The molecule has 6 nitrogen and oxygen atoms in total. The molecular weight excluding hydrogens is 545 g/mol. The van der Waals surface area contributed by atoms with Crippen molar-refractivity contribution in [2.45, 2.75) is 117 Å².